The number of para-hydroxylation sites is 2. The molecule has 2 unspecified atom stereocenters. The van der Waals surface area contributed by atoms with Crippen molar-refractivity contribution in [1.29, 1.82) is 0 Å². The Morgan fingerprint density at radius 3 is 2.74 bits per heavy atom. The summed E-state index contributed by atoms with van der Waals surface area (Å²) >= 11 is 0. The molecule has 0 amide bonds. The average Bonchev–Trinajstić information content (AvgIpc) is 2.82. The van der Waals surface area contributed by atoms with Gasteiger partial charge in [0.1, 0.15) is 5.82 Å². The predicted octanol–water partition coefficient (Wildman–Crippen LogP) is 1.33. The molecule has 23 heavy (non-hydrogen) atoms. The van der Waals surface area contributed by atoms with Gasteiger partial charge in [-0.15, -0.1) is 0 Å². The molecule has 0 radical (unpaired) electrons. The first-order valence-corrected chi connectivity index (χ1v) is 9.80. The molecule has 126 valence electrons. The van der Waals surface area contributed by atoms with Gasteiger partial charge in [-0.1, -0.05) is 19.1 Å². The molecule has 1 N–H and O–H groups in total. The van der Waals surface area contributed by atoms with Gasteiger partial charge in [-0.05, 0) is 24.5 Å². The molecular weight excluding hydrogens is 312 g/mol. The molecule has 7 heteroatoms. The highest BCUT2D eigenvalue weighted by atomic mass is 32.2. The molecule has 2 heterocycles. The number of fused-ring (bicyclic) bond motifs is 1. The lowest BCUT2D eigenvalue weighted by Gasteiger charge is -2.36. The zero-order chi connectivity index (χ0) is 16.6. The minimum Gasteiger partial charge on any atom is -0.330 e. The third-order valence-corrected chi connectivity index (χ3v) is 6.01. The predicted molar refractivity (Wildman–Crippen MR) is 91.5 cm³/mol. The number of sulfonamides is 1. The highest BCUT2D eigenvalue weighted by Crippen LogP contribution is 2.20. The van der Waals surface area contributed by atoms with Gasteiger partial charge in [0.05, 0.1) is 23.8 Å². The standard InChI is InChI=1S/C16H24N4O2S/c1-12-11-20(23(3,21)22)9-8-13(12)17-10-16-18-14-6-4-5-7-15(14)19(16)2/h4-7,12-13,17H,8-11H2,1-3H3. The van der Waals surface area contributed by atoms with Gasteiger partial charge < -0.3 is 9.88 Å². The van der Waals surface area contributed by atoms with Crippen LogP contribution in [0.15, 0.2) is 24.3 Å². The second-order valence-corrected chi connectivity index (χ2v) is 8.43. The smallest absolute Gasteiger partial charge is 0.211 e. The summed E-state index contributed by atoms with van der Waals surface area (Å²) in [5.41, 5.74) is 2.14. The molecule has 0 aliphatic carbocycles. The van der Waals surface area contributed by atoms with E-state index in [9.17, 15) is 8.42 Å². The molecule has 1 aliphatic rings. The number of aryl methyl sites for hydroxylation is 1. The van der Waals surface area contributed by atoms with Crippen molar-refractivity contribution in [2.24, 2.45) is 13.0 Å². The van der Waals surface area contributed by atoms with E-state index in [-0.39, 0.29) is 5.92 Å². The Kier molecular flexibility index (Phi) is 4.44. The molecule has 0 bridgehead atoms. The van der Waals surface area contributed by atoms with Crippen molar-refractivity contribution in [3.8, 4) is 0 Å². The lowest BCUT2D eigenvalue weighted by atomic mass is 9.95. The number of benzene rings is 1. The summed E-state index contributed by atoms with van der Waals surface area (Å²) < 4.78 is 27.0. The van der Waals surface area contributed by atoms with E-state index in [4.69, 9.17) is 0 Å². The first kappa shape index (κ1) is 16.4. The molecule has 0 saturated carbocycles. The summed E-state index contributed by atoms with van der Waals surface area (Å²) in [5.74, 6) is 1.29. The van der Waals surface area contributed by atoms with E-state index in [1.54, 1.807) is 4.31 Å². The van der Waals surface area contributed by atoms with Gasteiger partial charge in [-0.25, -0.2) is 17.7 Å². The monoisotopic (exact) mass is 336 g/mol. The van der Waals surface area contributed by atoms with E-state index >= 15 is 0 Å². The van der Waals surface area contributed by atoms with E-state index in [2.05, 4.69) is 27.9 Å². The number of nitrogens with one attached hydrogen (secondary N) is 1. The number of hydrogen-bond donors (Lipinski definition) is 1. The number of aromatic nitrogens is 2. The second-order valence-electron chi connectivity index (χ2n) is 6.45. The highest BCUT2D eigenvalue weighted by molar-refractivity contribution is 7.88. The fourth-order valence-electron chi connectivity index (χ4n) is 3.29. The van der Waals surface area contributed by atoms with Crippen molar-refractivity contribution in [1.82, 2.24) is 19.2 Å². The molecule has 3 rings (SSSR count). The van der Waals surface area contributed by atoms with E-state index in [0.29, 0.717) is 25.7 Å². The Labute approximate surface area is 137 Å². The Bertz CT molecular complexity index is 800. The maximum absolute atomic E-state index is 11.7. The third kappa shape index (κ3) is 3.41. The second kappa shape index (κ2) is 6.22. The molecule has 1 aromatic heterocycles. The molecule has 2 atom stereocenters. The molecule has 1 aromatic carbocycles. The summed E-state index contributed by atoms with van der Waals surface area (Å²) in [4.78, 5) is 4.67. The molecule has 6 nitrogen and oxygen atoms in total. The number of piperidine rings is 1. The minimum absolute atomic E-state index is 0.285. The summed E-state index contributed by atoms with van der Waals surface area (Å²) in [6, 6.07) is 8.41. The van der Waals surface area contributed by atoms with Gasteiger partial charge in [0.15, 0.2) is 0 Å². The Hall–Kier alpha value is -1.44. The van der Waals surface area contributed by atoms with Crippen LogP contribution in [0.3, 0.4) is 0 Å². The van der Waals surface area contributed by atoms with Crippen LogP contribution in [0.1, 0.15) is 19.2 Å². The summed E-state index contributed by atoms with van der Waals surface area (Å²) in [5, 5.41) is 3.56. The third-order valence-electron chi connectivity index (χ3n) is 4.74. The normalized spacial score (nSPS) is 23.4. The van der Waals surface area contributed by atoms with Crippen LogP contribution < -0.4 is 5.32 Å². The average molecular weight is 336 g/mol. The van der Waals surface area contributed by atoms with Crippen LogP contribution >= 0.6 is 0 Å². The fourth-order valence-corrected chi connectivity index (χ4v) is 4.23. The molecule has 1 aliphatic heterocycles. The van der Waals surface area contributed by atoms with E-state index in [1.165, 1.54) is 6.26 Å². The highest BCUT2D eigenvalue weighted by Gasteiger charge is 2.30. The van der Waals surface area contributed by atoms with Crippen molar-refractivity contribution in [2.45, 2.75) is 25.9 Å². The van der Waals surface area contributed by atoms with Crippen molar-refractivity contribution < 1.29 is 8.42 Å². The zero-order valence-electron chi connectivity index (χ0n) is 13.9. The van der Waals surface area contributed by atoms with Crippen LogP contribution in [0.5, 0.6) is 0 Å². The summed E-state index contributed by atoms with van der Waals surface area (Å²) in [7, 11) is -1.05. The Morgan fingerprint density at radius 1 is 1.35 bits per heavy atom. The maximum atomic E-state index is 11.7. The molecule has 2 aromatic rings. The maximum Gasteiger partial charge on any atom is 0.211 e. The van der Waals surface area contributed by atoms with Crippen LogP contribution in [-0.2, 0) is 23.6 Å². The number of nitrogens with zero attached hydrogens (tertiary/aromatic N) is 3. The number of imidazole rings is 1. The SMILES string of the molecule is CC1CN(S(C)(=O)=O)CCC1NCc1nc2ccccc2n1C. The van der Waals surface area contributed by atoms with Gasteiger partial charge in [0, 0.05) is 26.2 Å². The van der Waals surface area contributed by atoms with Crippen LogP contribution in [-0.4, -0.2) is 47.7 Å². The molecular formula is C16H24N4O2S. The van der Waals surface area contributed by atoms with Crippen molar-refractivity contribution >= 4 is 21.1 Å². The number of rotatable bonds is 4. The molecule has 0 spiro atoms. The van der Waals surface area contributed by atoms with Gasteiger partial charge in [-0.3, -0.25) is 0 Å². The van der Waals surface area contributed by atoms with Crippen LogP contribution in [0.4, 0.5) is 0 Å². The fraction of sp³-hybridized carbons (Fsp3) is 0.562. The lowest BCUT2D eigenvalue weighted by molar-refractivity contribution is 0.219. The van der Waals surface area contributed by atoms with Gasteiger partial charge >= 0.3 is 0 Å². The van der Waals surface area contributed by atoms with Gasteiger partial charge in [0.25, 0.3) is 0 Å². The zero-order valence-corrected chi connectivity index (χ0v) is 14.7. The van der Waals surface area contributed by atoms with E-state index in [1.807, 2.05) is 25.2 Å². The topological polar surface area (TPSA) is 67.2 Å². The largest absolute Gasteiger partial charge is 0.330 e. The van der Waals surface area contributed by atoms with E-state index in [0.717, 1.165) is 23.3 Å². The van der Waals surface area contributed by atoms with Crippen molar-refractivity contribution in [3.05, 3.63) is 30.1 Å². The lowest BCUT2D eigenvalue weighted by Crippen LogP contribution is -2.49. The van der Waals surface area contributed by atoms with Crippen LogP contribution in [0, 0.1) is 5.92 Å². The van der Waals surface area contributed by atoms with E-state index < -0.39 is 10.0 Å². The molecule has 1 fully saturated rings. The van der Waals surface area contributed by atoms with Crippen LogP contribution in [0.25, 0.3) is 11.0 Å². The molecule has 1 saturated heterocycles. The first-order chi connectivity index (χ1) is 10.9. The summed E-state index contributed by atoms with van der Waals surface area (Å²) in [6.45, 7) is 3.96. The minimum atomic E-state index is -3.08. The first-order valence-electron chi connectivity index (χ1n) is 7.95. The quantitative estimate of drug-likeness (QED) is 0.915. The Balaban J connectivity index is 1.65. The van der Waals surface area contributed by atoms with Gasteiger partial charge in [0.2, 0.25) is 10.0 Å². The summed E-state index contributed by atoms with van der Waals surface area (Å²) in [6.07, 6.45) is 2.12. The Morgan fingerprint density at radius 2 is 2.09 bits per heavy atom. The van der Waals surface area contributed by atoms with Gasteiger partial charge in [-0.2, -0.15) is 0 Å². The number of hydrogen-bond acceptors (Lipinski definition) is 4. The van der Waals surface area contributed by atoms with Crippen LogP contribution in [0.2, 0.25) is 0 Å². The van der Waals surface area contributed by atoms with Crippen molar-refractivity contribution in [3.63, 3.8) is 0 Å². The van der Waals surface area contributed by atoms with Crippen molar-refractivity contribution in [2.75, 3.05) is 19.3 Å².